The lowest BCUT2D eigenvalue weighted by atomic mass is 9.82. The fourth-order valence-corrected chi connectivity index (χ4v) is 2.45. The monoisotopic (exact) mass is 227 g/mol. The molecule has 0 radical (unpaired) electrons. The number of rotatable bonds is 1. The molecule has 4 nitrogen and oxygen atoms in total. The maximum Gasteiger partial charge on any atom is 0.196 e. The highest BCUT2D eigenvalue weighted by Crippen LogP contribution is 2.34. The molecule has 0 fully saturated rings. The summed E-state index contributed by atoms with van der Waals surface area (Å²) in [6.07, 6.45) is 8.41. The van der Waals surface area contributed by atoms with Crippen LogP contribution in [0.25, 0.3) is 0 Å². The number of aliphatic imine (C=N–C) groups is 1. The standard InChI is InChI=1S/C13H13N3O/c1-3-8-5-4-6-9-11(8)13(17)12-10(15-9)7-14-16(12)2/h4-7,11H,3H2,1-2H3. The minimum Gasteiger partial charge on any atom is -0.291 e. The van der Waals surface area contributed by atoms with Crippen LogP contribution in [0, 0.1) is 5.92 Å². The first-order chi connectivity index (χ1) is 8.22. The highest BCUT2D eigenvalue weighted by atomic mass is 16.1. The molecule has 1 aliphatic heterocycles. The number of aryl methyl sites for hydroxylation is 1. The van der Waals surface area contributed by atoms with Crippen molar-refractivity contribution in [3.05, 3.63) is 35.7 Å². The van der Waals surface area contributed by atoms with E-state index in [4.69, 9.17) is 0 Å². The lowest BCUT2D eigenvalue weighted by Crippen LogP contribution is -2.30. The fraction of sp³-hybridized carbons (Fsp3) is 0.308. The van der Waals surface area contributed by atoms with Gasteiger partial charge in [0.2, 0.25) is 0 Å². The first kappa shape index (κ1) is 10.2. The Labute approximate surface area is 99.4 Å². The minimum absolute atomic E-state index is 0.113. The Bertz CT molecular complexity index is 590. The summed E-state index contributed by atoms with van der Waals surface area (Å²) in [5.41, 5.74) is 3.28. The molecule has 4 heteroatoms. The largest absolute Gasteiger partial charge is 0.291 e. The number of allylic oxidation sites excluding steroid dienone is 4. The summed E-state index contributed by atoms with van der Waals surface area (Å²) >= 11 is 0. The summed E-state index contributed by atoms with van der Waals surface area (Å²) in [5, 5.41) is 4.10. The molecule has 0 bridgehead atoms. The molecule has 1 aromatic heterocycles. The topological polar surface area (TPSA) is 47.2 Å². The predicted octanol–water partition coefficient (Wildman–Crippen LogP) is 2.21. The van der Waals surface area contributed by atoms with Crippen LogP contribution in [0.2, 0.25) is 0 Å². The normalized spacial score (nSPS) is 21.8. The SMILES string of the molecule is CCC1=CC=CC2=Nc3cnn(C)c3C(=O)C12. The van der Waals surface area contributed by atoms with Crippen molar-refractivity contribution in [2.75, 3.05) is 0 Å². The van der Waals surface area contributed by atoms with Crippen molar-refractivity contribution in [2.45, 2.75) is 13.3 Å². The maximum atomic E-state index is 12.5. The van der Waals surface area contributed by atoms with Gasteiger partial charge in [-0.25, -0.2) is 4.99 Å². The van der Waals surface area contributed by atoms with E-state index in [1.54, 1.807) is 17.9 Å². The second kappa shape index (κ2) is 3.52. The molecular formula is C13H13N3O. The van der Waals surface area contributed by atoms with Gasteiger partial charge >= 0.3 is 0 Å². The maximum absolute atomic E-state index is 12.5. The molecule has 1 aliphatic carbocycles. The van der Waals surface area contributed by atoms with E-state index in [0.29, 0.717) is 11.4 Å². The van der Waals surface area contributed by atoms with Gasteiger partial charge in [0.05, 0.1) is 17.8 Å². The summed E-state index contributed by atoms with van der Waals surface area (Å²) in [5.74, 6) is -0.0876. The third kappa shape index (κ3) is 1.33. The van der Waals surface area contributed by atoms with Gasteiger partial charge in [0.1, 0.15) is 11.4 Å². The molecule has 0 saturated carbocycles. The quantitative estimate of drug-likeness (QED) is 0.738. The van der Waals surface area contributed by atoms with Crippen LogP contribution in [-0.2, 0) is 7.05 Å². The van der Waals surface area contributed by atoms with Crippen LogP contribution in [0.15, 0.2) is 35.0 Å². The van der Waals surface area contributed by atoms with Gasteiger partial charge in [-0.2, -0.15) is 5.10 Å². The van der Waals surface area contributed by atoms with Gasteiger partial charge < -0.3 is 0 Å². The molecule has 2 heterocycles. The summed E-state index contributed by atoms with van der Waals surface area (Å²) in [6, 6.07) is 0. The Hall–Kier alpha value is -1.97. The summed E-state index contributed by atoms with van der Waals surface area (Å²) in [4.78, 5) is 17.0. The first-order valence-electron chi connectivity index (χ1n) is 5.74. The van der Waals surface area contributed by atoms with E-state index >= 15 is 0 Å². The van der Waals surface area contributed by atoms with Crippen LogP contribution < -0.4 is 0 Å². The lowest BCUT2D eigenvalue weighted by molar-refractivity contribution is 0.0957. The van der Waals surface area contributed by atoms with Crippen molar-refractivity contribution in [1.29, 1.82) is 0 Å². The second-order valence-corrected chi connectivity index (χ2v) is 4.29. The second-order valence-electron chi connectivity index (χ2n) is 4.29. The third-order valence-corrected chi connectivity index (χ3v) is 3.32. The molecule has 0 amide bonds. The number of carbonyl (C=O) groups is 1. The van der Waals surface area contributed by atoms with Gasteiger partial charge in [-0.15, -0.1) is 0 Å². The number of nitrogens with zero attached hydrogens (tertiary/aromatic N) is 3. The zero-order valence-corrected chi connectivity index (χ0v) is 9.84. The van der Waals surface area contributed by atoms with Crippen molar-refractivity contribution < 1.29 is 4.79 Å². The van der Waals surface area contributed by atoms with Crippen LogP contribution >= 0.6 is 0 Å². The highest BCUT2D eigenvalue weighted by Gasteiger charge is 2.35. The molecule has 1 aromatic rings. The van der Waals surface area contributed by atoms with Crippen molar-refractivity contribution in [3.8, 4) is 0 Å². The Balaban J connectivity index is 2.19. The molecule has 1 unspecified atom stereocenters. The molecule has 0 aromatic carbocycles. The number of aromatic nitrogens is 2. The number of hydrogen-bond acceptors (Lipinski definition) is 3. The Morgan fingerprint density at radius 3 is 3.06 bits per heavy atom. The lowest BCUT2D eigenvalue weighted by Gasteiger charge is -2.24. The fourth-order valence-electron chi connectivity index (χ4n) is 2.45. The molecular weight excluding hydrogens is 214 g/mol. The van der Waals surface area contributed by atoms with Crippen molar-refractivity contribution >= 4 is 17.2 Å². The van der Waals surface area contributed by atoms with Crippen LogP contribution in [0.3, 0.4) is 0 Å². The third-order valence-electron chi connectivity index (χ3n) is 3.32. The van der Waals surface area contributed by atoms with Gasteiger partial charge in [-0.05, 0) is 12.5 Å². The van der Waals surface area contributed by atoms with Crippen LogP contribution in [0.5, 0.6) is 0 Å². The van der Waals surface area contributed by atoms with E-state index < -0.39 is 0 Å². The Morgan fingerprint density at radius 1 is 1.47 bits per heavy atom. The average Bonchev–Trinajstić information content (AvgIpc) is 2.70. The zero-order chi connectivity index (χ0) is 12.0. The van der Waals surface area contributed by atoms with Gasteiger partial charge in [0, 0.05) is 7.05 Å². The van der Waals surface area contributed by atoms with E-state index in [2.05, 4.69) is 17.0 Å². The molecule has 0 saturated heterocycles. The molecule has 0 N–H and O–H groups in total. The zero-order valence-electron chi connectivity index (χ0n) is 9.84. The van der Waals surface area contributed by atoms with Crippen LogP contribution in [0.4, 0.5) is 5.69 Å². The van der Waals surface area contributed by atoms with E-state index in [1.165, 1.54) is 0 Å². The van der Waals surface area contributed by atoms with Gasteiger partial charge in [0.25, 0.3) is 0 Å². The van der Waals surface area contributed by atoms with Gasteiger partial charge in [-0.1, -0.05) is 24.6 Å². The molecule has 2 aliphatic rings. The smallest absolute Gasteiger partial charge is 0.196 e. The average molecular weight is 227 g/mol. The van der Waals surface area contributed by atoms with Crippen molar-refractivity contribution in [1.82, 2.24) is 9.78 Å². The van der Waals surface area contributed by atoms with E-state index in [9.17, 15) is 4.79 Å². The number of Topliss-reactive ketones (excluding diaryl/α,β-unsaturated/α-hetero) is 1. The number of carbonyl (C=O) groups excluding carboxylic acids is 1. The van der Waals surface area contributed by atoms with Crippen LogP contribution in [0.1, 0.15) is 23.8 Å². The molecule has 17 heavy (non-hydrogen) atoms. The van der Waals surface area contributed by atoms with Gasteiger partial charge in [-0.3, -0.25) is 9.48 Å². The Morgan fingerprint density at radius 2 is 2.29 bits per heavy atom. The molecule has 1 atom stereocenters. The van der Waals surface area contributed by atoms with Crippen molar-refractivity contribution in [3.63, 3.8) is 0 Å². The highest BCUT2D eigenvalue weighted by molar-refractivity contribution is 6.23. The van der Waals surface area contributed by atoms with E-state index in [-0.39, 0.29) is 11.7 Å². The van der Waals surface area contributed by atoms with Crippen LogP contribution in [-0.4, -0.2) is 21.3 Å². The summed E-state index contributed by atoms with van der Waals surface area (Å²) < 4.78 is 1.61. The number of fused-ring (bicyclic) bond motifs is 2. The van der Waals surface area contributed by atoms with E-state index in [0.717, 1.165) is 17.7 Å². The van der Waals surface area contributed by atoms with Gasteiger partial charge in [0.15, 0.2) is 5.78 Å². The number of ketones is 1. The molecule has 0 spiro atoms. The number of hydrogen-bond donors (Lipinski definition) is 0. The first-order valence-corrected chi connectivity index (χ1v) is 5.74. The summed E-state index contributed by atoms with van der Waals surface area (Å²) in [6.45, 7) is 2.06. The molecule has 86 valence electrons. The summed E-state index contributed by atoms with van der Waals surface area (Å²) in [7, 11) is 1.78. The molecule has 3 rings (SSSR count). The Kier molecular flexibility index (Phi) is 2.11. The van der Waals surface area contributed by atoms with E-state index in [1.807, 2.05) is 18.2 Å². The predicted molar refractivity (Wildman–Crippen MR) is 65.6 cm³/mol. The van der Waals surface area contributed by atoms with Crippen molar-refractivity contribution in [2.24, 2.45) is 18.0 Å². The minimum atomic E-state index is -0.201.